The van der Waals surface area contributed by atoms with E-state index in [0.717, 1.165) is 51.4 Å². The van der Waals surface area contributed by atoms with Crippen LogP contribution in [0.15, 0.2) is 12.4 Å². The molecule has 32 heavy (non-hydrogen) atoms. The molecule has 2 fully saturated rings. The molecule has 2 atom stereocenters. The molecule has 12 heteroatoms. The van der Waals surface area contributed by atoms with Gasteiger partial charge in [-0.05, 0) is 33.1 Å². The van der Waals surface area contributed by atoms with Gasteiger partial charge in [-0.25, -0.2) is 9.78 Å². The molecule has 3 aliphatic heterocycles. The second-order valence-electron chi connectivity index (χ2n) is 8.52. The van der Waals surface area contributed by atoms with E-state index in [1.165, 1.54) is 0 Å². The molecule has 0 radical (unpaired) electrons. The lowest BCUT2D eigenvalue weighted by Crippen LogP contribution is -2.55. The summed E-state index contributed by atoms with van der Waals surface area (Å²) in [6, 6.07) is 0.640. The minimum Gasteiger partial charge on any atom is -0.475 e. The Morgan fingerprint density at radius 1 is 1.31 bits per heavy atom. The van der Waals surface area contributed by atoms with Gasteiger partial charge in [-0.3, -0.25) is 9.69 Å². The van der Waals surface area contributed by atoms with Crippen LogP contribution in [0.5, 0.6) is 0 Å². The predicted molar refractivity (Wildman–Crippen MR) is 106 cm³/mol. The fourth-order valence-electron chi connectivity index (χ4n) is 4.31. The van der Waals surface area contributed by atoms with Crippen LogP contribution in [-0.4, -0.2) is 82.1 Å². The number of likely N-dealkylation sites (tertiary alicyclic amines) is 1. The summed E-state index contributed by atoms with van der Waals surface area (Å²) >= 11 is 0. The number of aliphatic carboxylic acids is 1. The van der Waals surface area contributed by atoms with E-state index >= 15 is 0 Å². The summed E-state index contributed by atoms with van der Waals surface area (Å²) in [5.41, 5.74) is -0.448. The number of alkyl halides is 3. The van der Waals surface area contributed by atoms with E-state index in [1.807, 2.05) is 26.2 Å². The molecule has 0 aromatic carbocycles. The van der Waals surface area contributed by atoms with Crippen molar-refractivity contribution in [1.29, 1.82) is 0 Å². The number of amides is 1. The van der Waals surface area contributed by atoms with Crippen LogP contribution in [0.25, 0.3) is 0 Å². The number of carboxylic acids is 1. The Hall–Kier alpha value is -2.18. The van der Waals surface area contributed by atoms with Crippen molar-refractivity contribution in [2.24, 2.45) is 0 Å². The summed E-state index contributed by atoms with van der Waals surface area (Å²) in [4.78, 5) is 28.5. The maximum Gasteiger partial charge on any atom is 0.490 e. The standard InChI is InChI=1S/C18H28N4O3.C2HF3O2/c1-13(2)20-16(23)15-11-22-9-6-19-17(22)18(25-15)4-7-21(8-5-18)14-3-10-24-12-14;3-2(4,5)1(6)7/h6,9,13-15H,3-5,7-8,10-12H2,1-2H3,(H,20,23);(H,6,7). The second-order valence-corrected chi connectivity index (χ2v) is 8.52. The van der Waals surface area contributed by atoms with Crippen molar-refractivity contribution in [2.45, 2.75) is 69.6 Å². The molecule has 2 N–H and O–H groups in total. The molecule has 3 aliphatic rings. The molecule has 1 spiro atoms. The van der Waals surface area contributed by atoms with Gasteiger partial charge in [0.1, 0.15) is 11.4 Å². The van der Waals surface area contributed by atoms with Gasteiger partial charge in [-0.1, -0.05) is 0 Å². The molecule has 1 amide bonds. The Kier molecular flexibility index (Phi) is 7.46. The number of aromatic nitrogens is 2. The normalized spacial score (nSPS) is 25.2. The summed E-state index contributed by atoms with van der Waals surface area (Å²) in [5, 5.41) is 10.1. The van der Waals surface area contributed by atoms with Crippen molar-refractivity contribution < 1.29 is 37.3 Å². The van der Waals surface area contributed by atoms with E-state index in [4.69, 9.17) is 19.4 Å². The number of carbonyl (C=O) groups is 2. The van der Waals surface area contributed by atoms with Crippen molar-refractivity contribution in [2.75, 3.05) is 26.3 Å². The second kappa shape index (κ2) is 9.75. The maximum atomic E-state index is 12.5. The highest BCUT2D eigenvalue weighted by atomic mass is 19.4. The number of carboxylic acid groups (broad SMARTS) is 1. The zero-order valence-corrected chi connectivity index (χ0v) is 18.1. The van der Waals surface area contributed by atoms with Gasteiger partial charge < -0.3 is 24.5 Å². The molecule has 1 aromatic rings. The zero-order valence-electron chi connectivity index (χ0n) is 18.1. The molecule has 4 heterocycles. The van der Waals surface area contributed by atoms with Crippen LogP contribution in [0.4, 0.5) is 13.2 Å². The Morgan fingerprint density at radius 3 is 2.50 bits per heavy atom. The largest absolute Gasteiger partial charge is 0.490 e. The third kappa shape index (κ3) is 5.59. The van der Waals surface area contributed by atoms with Crippen LogP contribution in [-0.2, 0) is 31.2 Å². The number of ether oxygens (including phenoxy) is 2. The summed E-state index contributed by atoms with van der Waals surface area (Å²) in [6.45, 7) is 8.10. The number of hydrogen-bond acceptors (Lipinski definition) is 6. The fraction of sp³-hybridized carbons (Fsp3) is 0.750. The minimum absolute atomic E-state index is 0.0275. The molecule has 0 saturated carbocycles. The highest BCUT2D eigenvalue weighted by Crippen LogP contribution is 2.40. The van der Waals surface area contributed by atoms with Crippen molar-refractivity contribution in [3.8, 4) is 0 Å². The van der Waals surface area contributed by atoms with Gasteiger partial charge in [0, 0.05) is 44.2 Å². The Bertz CT molecular complexity index is 799. The van der Waals surface area contributed by atoms with Crippen LogP contribution >= 0.6 is 0 Å². The Balaban J connectivity index is 0.000000360. The lowest BCUT2D eigenvalue weighted by atomic mass is 9.87. The first-order valence-corrected chi connectivity index (χ1v) is 10.6. The molecule has 9 nitrogen and oxygen atoms in total. The quantitative estimate of drug-likeness (QED) is 0.702. The lowest BCUT2D eigenvalue weighted by molar-refractivity contribution is -0.192. The van der Waals surface area contributed by atoms with Crippen LogP contribution in [0, 0.1) is 0 Å². The number of piperidine rings is 1. The summed E-state index contributed by atoms with van der Waals surface area (Å²) in [5.74, 6) is -1.81. The molecule has 4 rings (SSSR count). The number of nitrogens with one attached hydrogen (secondary N) is 1. The molecule has 1 aromatic heterocycles. The monoisotopic (exact) mass is 462 g/mol. The first-order chi connectivity index (χ1) is 15.0. The van der Waals surface area contributed by atoms with Gasteiger partial charge in [-0.2, -0.15) is 13.2 Å². The molecule has 180 valence electrons. The van der Waals surface area contributed by atoms with Gasteiger partial charge in [0.05, 0.1) is 13.2 Å². The van der Waals surface area contributed by atoms with Gasteiger partial charge in [0.2, 0.25) is 0 Å². The van der Waals surface area contributed by atoms with E-state index in [1.54, 1.807) is 0 Å². The van der Waals surface area contributed by atoms with Crippen molar-refractivity contribution >= 4 is 11.9 Å². The average molecular weight is 462 g/mol. The van der Waals surface area contributed by atoms with Crippen molar-refractivity contribution in [3.63, 3.8) is 0 Å². The van der Waals surface area contributed by atoms with Crippen LogP contribution in [0.3, 0.4) is 0 Å². The van der Waals surface area contributed by atoms with E-state index in [2.05, 4.69) is 19.8 Å². The highest BCUT2D eigenvalue weighted by molar-refractivity contribution is 5.81. The topological polar surface area (TPSA) is 106 Å². The van der Waals surface area contributed by atoms with E-state index in [0.29, 0.717) is 12.6 Å². The molecule has 0 bridgehead atoms. The Morgan fingerprint density at radius 2 is 1.97 bits per heavy atom. The summed E-state index contributed by atoms with van der Waals surface area (Å²) < 4.78 is 45.8. The summed E-state index contributed by atoms with van der Waals surface area (Å²) in [6.07, 6.45) is 1.09. The van der Waals surface area contributed by atoms with Crippen molar-refractivity contribution in [3.05, 3.63) is 18.2 Å². The molecular formula is C20H29F3N4O5. The number of carbonyl (C=O) groups excluding carboxylic acids is 1. The average Bonchev–Trinajstić information content (AvgIpc) is 3.40. The lowest BCUT2D eigenvalue weighted by Gasteiger charge is -2.46. The SMILES string of the molecule is CC(C)NC(=O)C1Cn2ccnc2C2(CCN(C3CCOC3)CC2)O1.O=C(O)C(F)(F)F. The third-order valence-corrected chi connectivity index (χ3v) is 5.85. The molecule has 0 aliphatic carbocycles. The van der Waals surface area contributed by atoms with E-state index < -0.39 is 23.9 Å². The Labute approximate surface area is 183 Å². The van der Waals surface area contributed by atoms with Crippen LogP contribution in [0.1, 0.15) is 38.9 Å². The van der Waals surface area contributed by atoms with Gasteiger partial charge in [0.15, 0.2) is 6.10 Å². The van der Waals surface area contributed by atoms with Crippen LogP contribution < -0.4 is 5.32 Å². The van der Waals surface area contributed by atoms with Crippen molar-refractivity contribution in [1.82, 2.24) is 19.8 Å². The minimum atomic E-state index is -5.08. The number of rotatable bonds is 3. The predicted octanol–water partition coefficient (Wildman–Crippen LogP) is 1.52. The van der Waals surface area contributed by atoms with Gasteiger partial charge in [0.25, 0.3) is 5.91 Å². The number of halogens is 3. The van der Waals surface area contributed by atoms with E-state index in [-0.39, 0.29) is 11.9 Å². The summed E-state index contributed by atoms with van der Waals surface area (Å²) in [7, 11) is 0. The van der Waals surface area contributed by atoms with Gasteiger partial charge >= 0.3 is 12.1 Å². The third-order valence-electron chi connectivity index (χ3n) is 5.85. The van der Waals surface area contributed by atoms with Gasteiger partial charge in [-0.15, -0.1) is 0 Å². The molecule has 2 saturated heterocycles. The highest BCUT2D eigenvalue weighted by Gasteiger charge is 2.48. The number of nitrogens with zero attached hydrogens (tertiary/aromatic N) is 3. The first-order valence-electron chi connectivity index (χ1n) is 10.6. The first kappa shape index (κ1) is 24.5. The molecular weight excluding hydrogens is 433 g/mol. The number of fused-ring (bicyclic) bond motifs is 2. The smallest absolute Gasteiger partial charge is 0.475 e. The number of hydrogen-bond donors (Lipinski definition) is 2. The fourth-order valence-corrected chi connectivity index (χ4v) is 4.31. The molecule has 2 unspecified atom stereocenters. The van der Waals surface area contributed by atoms with E-state index in [9.17, 15) is 18.0 Å². The zero-order chi connectivity index (χ0) is 23.5. The van der Waals surface area contributed by atoms with Crippen LogP contribution in [0.2, 0.25) is 0 Å². The number of imidazole rings is 1. The maximum absolute atomic E-state index is 12.5.